The summed E-state index contributed by atoms with van der Waals surface area (Å²) in [4.78, 5) is 12.2. The molecule has 0 saturated heterocycles. The van der Waals surface area contributed by atoms with Gasteiger partial charge >= 0.3 is 0 Å². The van der Waals surface area contributed by atoms with Crippen LogP contribution in [0.15, 0.2) is 23.1 Å². The topological polar surface area (TPSA) is 72.5 Å². The number of halogens is 1. The van der Waals surface area contributed by atoms with Crippen molar-refractivity contribution in [3.8, 4) is 5.75 Å². The van der Waals surface area contributed by atoms with Crippen molar-refractivity contribution in [2.75, 3.05) is 6.61 Å². The summed E-state index contributed by atoms with van der Waals surface area (Å²) in [5, 5.41) is 2.95. The molecule has 5 nitrogen and oxygen atoms in total. The van der Waals surface area contributed by atoms with E-state index in [0.29, 0.717) is 24.3 Å². The second-order valence-corrected chi connectivity index (χ2v) is 7.68. The van der Waals surface area contributed by atoms with E-state index >= 15 is 0 Å². The number of hydrogen-bond donors (Lipinski definition) is 1. The summed E-state index contributed by atoms with van der Waals surface area (Å²) in [6.07, 6.45) is 2.56. The molecule has 0 spiro atoms. The Morgan fingerprint density at radius 1 is 1.30 bits per heavy atom. The van der Waals surface area contributed by atoms with Gasteiger partial charge in [-0.25, -0.2) is 8.42 Å². The van der Waals surface area contributed by atoms with Crippen molar-refractivity contribution in [2.45, 2.75) is 36.1 Å². The highest BCUT2D eigenvalue weighted by molar-refractivity contribution is 8.13. The zero-order valence-electron chi connectivity index (χ0n) is 10.6. The Kier molecular flexibility index (Phi) is 3.38. The number of benzene rings is 1. The summed E-state index contributed by atoms with van der Waals surface area (Å²) in [6, 6.07) is 4.66. The second-order valence-electron chi connectivity index (χ2n) is 5.11. The van der Waals surface area contributed by atoms with Gasteiger partial charge in [0.05, 0.1) is 17.4 Å². The fourth-order valence-corrected chi connectivity index (χ4v) is 3.11. The summed E-state index contributed by atoms with van der Waals surface area (Å²) in [6.45, 7) is 0.447. The lowest BCUT2D eigenvalue weighted by molar-refractivity contribution is -0.123. The third kappa shape index (κ3) is 2.76. The monoisotopic (exact) mass is 315 g/mol. The van der Waals surface area contributed by atoms with E-state index in [-0.39, 0.29) is 22.8 Å². The molecule has 1 N–H and O–H groups in total. The molecule has 1 amide bonds. The van der Waals surface area contributed by atoms with Gasteiger partial charge in [-0.05, 0) is 37.5 Å². The lowest BCUT2D eigenvalue weighted by Crippen LogP contribution is -2.33. The molecule has 0 radical (unpaired) electrons. The second kappa shape index (κ2) is 4.93. The van der Waals surface area contributed by atoms with Gasteiger partial charge in [0, 0.05) is 22.3 Å². The maximum Gasteiger partial charge on any atom is 0.261 e. The van der Waals surface area contributed by atoms with Crippen LogP contribution in [0.25, 0.3) is 0 Å². The number of ether oxygens (including phenoxy) is 1. The largest absolute Gasteiger partial charge is 0.493 e. The molecular weight excluding hydrogens is 302 g/mol. The first-order chi connectivity index (χ1) is 9.45. The minimum atomic E-state index is -3.81. The van der Waals surface area contributed by atoms with E-state index < -0.39 is 9.05 Å². The van der Waals surface area contributed by atoms with Gasteiger partial charge < -0.3 is 10.1 Å². The highest BCUT2D eigenvalue weighted by atomic mass is 35.7. The van der Waals surface area contributed by atoms with Crippen molar-refractivity contribution in [2.24, 2.45) is 0 Å². The molecule has 3 rings (SSSR count). The molecule has 1 saturated carbocycles. The molecule has 1 aromatic carbocycles. The molecule has 108 valence electrons. The van der Waals surface area contributed by atoms with E-state index in [1.54, 1.807) is 6.07 Å². The molecule has 20 heavy (non-hydrogen) atoms. The predicted molar refractivity (Wildman–Crippen MR) is 73.5 cm³/mol. The average Bonchev–Trinajstić information content (AvgIpc) is 3.20. The molecule has 7 heteroatoms. The quantitative estimate of drug-likeness (QED) is 0.863. The molecule has 0 bridgehead atoms. The summed E-state index contributed by atoms with van der Waals surface area (Å²) in [7, 11) is 1.54. The van der Waals surface area contributed by atoms with Gasteiger partial charge in [0.1, 0.15) is 5.75 Å². The lowest BCUT2D eigenvalue weighted by Gasteiger charge is -2.25. The third-order valence-electron chi connectivity index (χ3n) is 3.54. The molecule has 1 aliphatic carbocycles. The van der Waals surface area contributed by atoms with Gasteiger partial charge in [0.15, 0.2) is 0 Å². The minimum Gasteiger partial charge on any atom is -0.493 e. The van der Waals surface area contributed by atoms with Crippen molar-refractivity contribution < 1.29 is 17.9 Å². The molecular formula is C13H14ClNO4S. The van der Waals surface area contributed by atoms with Crippen LogP contribution in [0.2, 0.25) is 0 Å². The smallest absolute Gasteiger partial charge is 0.261 e. The SMILES string of the molecule is O=C(NC1CC1)C1CCOc2ccc(S(=O)(=O)Cl)cc21. The standard InChI is InChI=1S/C13H14ClNO4S/c14-20(17,18)9-3-4-12-11(7-9)10(5-6-19-12)13(16)15-8-1-2-8/h3-4,7-8,10H,1-2,5-6H2,(H,15,16). The fraction of sp³-hybridized carbons (Fsp3) is 0.462. The Bertz CT molecular complexity index is 654. The third-order valence-corrected chi connectivity index (χ3v) is 4.89. The minimum absolute atomic E-state index is 0.00682. The maximum atomic E-state index is 12.2. The molecule has 1 aromatic rings. The number of rotatable bonds is 3. The van der Waals surface area contributed by atoms with Crippen LogP contribution in [0.4, 0.5) is 0 Å². The molecule has 1 aliphatic heterocycles. The van der Waals surface area contributed by atoms with Crippen LogP contribution in [0.5, 0.6) is 5.75 Å². The van der Waals surface area contributed by atoms with Crippen molar-refractivity contribution in [3.05, 3.63) is 23.8 Å². The fourth-order valence-electron chi connectivity index (χ4n) is 2.33. The predicted octanol–water partition coefficient (Wildman–Crippen LogP) is 1.76. The Morgan fingerprint density at radius 2 is 2.05 bits per heavy atom. The molecule has 2 aliphatic rings. The van der Waals surface area contributed by atoms with Crippen LogP contribution in [0, 0.1) is 0 Å². The van der Waals surface area contributed by atoms with Crippen molar-refractivity contribution in [1.29, 1.82) is 0 Å². The Hall–Kier alpha value is -1.27. The van der Waals surface area contributed by atoms with Gasteiger partial charge in [0.2, 0.25) is 5.91 Å². The first-order valence-electron chi connectivity index (χ1n) is 6.47. The van der Waals surface area contributed by atoms with Gasteiger partial charge in [-0.3, -0.25) is 4.79 Å². The van der Waals surface area contributed by atoms with Crippen molar-refractivity contribution in [1.82, 2.24) is 5.32 Å². The number of carbonyl (C=O) groups is 1. The highest BCUT2D eigenvalue weighted by Crippen LogP contribution is 2.36. The number of hydrogen-bond acceptors (Lipinski definition) is 4. The molecule has 1 unspecified atom stereocenters. The lowest BCUT2D eigenvalue weighted by atomic mass is 9.92. The van der Waals surface area contributed by atoms with Crippen LogP contribution in [-0.4, -0.2) is 27.0 Å². The van der Waals surface area contributed by atoms with Gasteiger partial charge in [0.25, 0.3) is 9.05 Å². The van der Waals surface area contributed by atoms with Gasteiger partial charge in [-0.1, -0.05) is 0 Å². The van der Waals surface area contributed by atoms with Gasteiger partial charge in [-0.2, -0.15) is 0 Å². The van der Waals surface area contributed by atoms with Crippen molar-refractivity contribution >= 4 is 25.6 Å². The van der Waals surface area contributed by atoms with Crippen LogP contribution in [0.1, 0.15) is 30.7 Å². The summed E-state index contributed by atoms with van der Waals surface area (Å²) in [5.74, 6) is 0.107. The number of fused-ring (bicyclic) bond motifs is 1. The van der Waals surface area contributed by atoms with Gasteiger partial charge in [-0.15, -0.1) is 0 Å². The summed E-state index contributed by atoms with van der Waals surface area (Å²) >= 11 is 0. The molecule has 0 aromatic heterocycles. The zero-order chi connectivity index (χ0) is 14.3. The average molecular weight is 316 g/mol. The van der Waals surface area contributed by atoms with Crippen molar-refractivity contribution in [3.63, 3.8) is 0 Å². The van der Waals surface area contributed by atoms with Crippen LogP contribution < -0.4 is 10.1 Å². The summed E-state index contributed by atoms with van der Waals surface area (Å²) < 4.78 is 28.3. The molecule has 1 heterocycles. The number of nitrogens with one attached hydrogen (secondary N) is 1. The summed E-state index contributed by atoms with van der Waals surface area (Å²) in [5.41, 5.74) is 0.594. The van der Waals surface area contributed by atoms with Crippen LogP contribution in [0.3, 0.4) is 0 Å². The molecule has 1 fully saturated rings. The van der Waals surface area contributed by atoms with E-state index in [1.165, 1.54) is 12.1 Å². The maximum absolute atomic E-state index is 12.2. The van der Waals surface area contributed by atoms with Crippen LogP contribution in [-0.2, 0) is 13.8 Å². The highest BCUT2D eigenvalue weighted by Gasteiger charge is 2.32. The van der Waals surface area contributed by atoms with E-state index in [1.807, 2.05) is 0 Å². The van der Waals surface area contributed by atoms with E-state index in [9.17, 15) is 13.2 Å². The zero-order valence-corrected chi connectivity index (χ0v) is 12.2. The number of amides is 1. The first-order valence-corrected chi connectivity index (χ1v) is 8.78. The van der Waals surface area contributed by atoms with Crippen LogP contribution >= 0.6 is 10.7 Å². The Morgan fingerprint density at radius 3 is 2.70 bits per heavy atom. The number of carbonyl (C=O) groups excluding carboxylic acids is 1. The van der Waals surface area contributed by atoms with E-state index in [2.05, 4.69) is 5.32 Å². The van der Waals surface area contributed by atoms with E-state index in [4.69, 9.17) is 15.4 Å². The Balaban J connectivity index is 1.95. The van der Waals surface area contributed by atoms with E-state index in [0.717, 1.165) is 12.8 Å². The first kappa shape index (κ1) is 13.7. The molecule has 1 atom stereocenters. The Labute approximate surface area is 121 Å². The normalized spacial score (nSPS) is 21.8.